The Morgan fingerprint density at radius 3 is 2.59 bits per heavy atom. The summed E-state index contributed by atoms with van der Waals surface area (Å²) in [6, 6.07) is 17.3. The van der Waals surface area contributed by atoms with Crippen LogP contribution in [0.4, 0.5) is 5.69 Å². The van der Waals surface area contributed by atoms with E-state index in [1.54, 1.807) is 6.08 Å². The van der Waals surface area contributed by atoms with Gasteiger partial charge in [-0.15, -0.1) is 6.58 Å². The fourth-order valence-electron chi connectivity index (χ4n) is 1.91. The summed E-state index contributed by atoms with van der Waals surface area (Å²) in [6.45, 7) is 4.89. The maximum atomic E-state index is 11.9. The molecule has 4 nitrogen and oxygen atoms in total. The normalized spacial score (nSPS) is 10.0. The summed E-state index contributed by atoms with van der Waals surface area (Å²) < 4.78 is 5.80. The Kier molecular flexibility index (Phi) is 6.20. The molecule has 114 valence electrons. The van der Waals surface area contributed by atoms with Gasteiger partial charge in [0.2, 0.25) is 5.91 Å². The third-order valence-corrected chi connectivity index (χ3v) is 2.97. The fraction of sp³-hybridized carbons (Fsp3) is 0.167. The minimum atomic E-state index is -0.113. The number of hydrogen-bond donors (Lipinski definition) is 2. The van der Waals surface area contributed by atoms with Crippen LogP contribution in [0.15, 0.2) is 67.3 Å². The molecule has 2 aromatic carbocycles. The number of rotatable bonds is 8. The molecule has 0 heterocycles. The minimum Gasteiger partial charge on any atom is -0.487 e. The summed E-state index contributed by atoms with van der Waals surface area (Å²) in [7, 11) is 0. The van der Waals surface area contributed by atoms with Crippen molar-refractivity contribution in [3.8, 4) is 5.75 Å². The van der Waals surface area contributed by atoms with E-state index in [-0.39, 0.29) is 12.5 Å². The van der Waals surface area contributed by atoms with E-state index in [2.05, 4.69) is 17.2 Å². The number of anilines is 1. The van der Waals surface area contributed by atoms with E-state index < -0.39 is 0 Å². The molecule has 22 heavy (non-hydrogen) atoms. The highest BCUT2D eigenvalue weighted by Gasteiger charge is 2.07. The molecule has 0 aliphatic rings. The van der Waals surface area contributed by atoms with Crippen LogP contribution in [0.1, 0.15) is 5.56 Å². The van der Waals surface area contributed by atoms with Crippen LogP contribution in [0.3, 0.4) is 0 Å². The molecule has 0 fully saturated rings. The van der Waals surface area contributed by atoms with Crippen LogP contribution in [0.2, 0.25) is 0 Å². The predicted octanol–water partition coefficient (Wildman–Crippen LogP) is 2.98. The van der Waals surface area contributed by atoms with Gasteiger partial charge >= 0.3 is 0 Å². The highest BCUT2D eigenvalue weighted by Crippen LogP contribution is 2.24. The third-order valence-electron chi connectivity index (χ3n) is 2.97. The number of amides is 1. The average Bonchev–Trinajstić information content (AvgIpc) is 2.55. The Morgan fingerprint density at radius 1 is 1.09 bits per heavy atom. The summed E-state index contributed by atoms with van der Waals surface area (Å²) in [4.78, 5) is 11.9. The minimum absolute atomic E-state index is 0.113. The molecule has 0 saturated carbocycles. The second-order valence-electron chi connectivity index (χ2n) is 4.74. The molecule has 0 bridgehead atoms. The zero-order chi connectivity index (χ0) is 15.6. The molecule has 2 N–H and O–H groups in total. The van der Waals surface area contributed by atoms with Crippen molar-refractivity contribution < 1.29 is 9.53 Å². The first-order chi connectivity index (χ1) is 10.8. The molecule has 0 atom stereocenters. The second-order valence-corrected chi connectivity index (χ2v) is 4.74. The number of ether oxygens (including phenoxy) is 1. The van der Waals surface area contributed by atoms with Crippen LogP contribution in [-0.4, -0.2) is 19.0 Å². The fourth-order valence-corrected chi connectivity index (χ4v) is 1.91. The van der Waals surface area contributed by atoms with Gasteiger partial charge in [-0.25, -0.2) is 0 Å². The van der Waals surface area contributed by atoms with Gasteiger partial charge in [0.15, 0.2) is 0 Å². The van der Waals surface area contributed by atoms with E-state index in [4.69, 9.17) is 4.74 Å². The summed E-state index contributed by atoms with van der Waals surface area (Å²) >= 11 is 0. The van der Waals surface area contributed by atoms with E-state index in [1.165, 1.54) is 0 Å². The van der Waals surface area contributed by atoms with Crippen molar-refractivity contribution in [3.63, 3.8) is 0 Å². The summed E-state index contributed by atoms with van der Waals surface area (Å²) in [6.07, 6.45) is 1.71. The smallest absolute Gasteiger partial charge is 0.238 e. The molecule has 0 unspecified atom stereocenters. The number of carbonyl (C=O) groups is 1. The quantitative estimate of drug-likeness (QED) is 0.581. The van der Waals surface area contributed by atoms with Crippen LogP contribution >= 0.6 is 0 Å². The van der Waals surface area contributed by atoms with Gasteiger partial charge in [-0.3, -0.25) is 4.79 Å². The van der Waals surface area contributed by atoms with Crippen LogP contribution in [-0.2, 0) is 11.4 Å². The zero-order valence-corrected chi connectivity index (χ0v) is 12.4. The highest BCUT2D eigenvalue weighted by atomic mass is 16.5. The highest BCUT2D eigenvalue weighted by molar-refractivity contribution is 5.93. The van der Waals surface area contributed by atoms with Crippen molar-refractivity contribution in [2.24, 2.45) is 0 Å². The molecule has 4 heteroatoms. The summed E-state index contributed by atoms with van der Waals surface area (Å²) in [5.41, 5.74) is 1.75. The van der Waals surface area contributed by atoms with Gasteiger partial charge in [0.25, 0.3) is 0 Å². The van der Waals surface area contributed by atoms with Crippen LogP contribution in [0, 0.1) is 0 Å². The number of nitrogens with one attached hydrogen (secondary N) is 2. The number of carbonyl (C=O) groups excluding carboxylic acids is 1. The van der Waals surface area contributed by atoms with Crippen LogP contribution in [0.25, 0.3) is 0 Å². The molecule has 0 radical (unpaired) electrons. The maximum absolute atomic E-state index is 11.9. The molecular formula is C18H20N2O2. The third kappa shape index (κ3) is 5.07. The van der Waals surface area contributed by atoms with Gasteiger partial charge in [-0.2, -0.15) is 0 Å². The van der Waals surface area contributed by atoms with Crippen molar-refractivity contribution in [1.29, 1.82) is 0 Å². The topological polar surface area (TPSA) is 50.4 Å². The van der Waals surface area contributed by atoms with Crippen molar-refractivity contribution in [2.45, 2.75) is 6.61 Å². The lowest BCUT2D eigenvalue weighted by Crippen LogP contribution is -2.28. The van der Waals surface area contributed by atoms with Gasteiger partial charge in [0.1, 0.15) is 12.4 Å². The van der Waals surface area contributed by atoms with Gasteiger partial charge in [-0.1, -0.05) is 48.5 Å². The Hall–Kier alpha value is -2.59. The molecule has 2 aromatic rings. The van der Waals surface area contributed by atoms with Crippen LogP contribution in [0.5, 0.6) is 5.75 Å². The maximum Gasteiger partial charge on any atom is 0.238 e. The van der Waals surface area contributed by atoms with Gasteiger partial charge in [0, 0.05) is 6.54 Å². The van der Waals surface area contributed by atoms with Crippen molar-refractivity contribution >= 4 is 11.6 Å². The van der Waals surface area contributed by atoms with E-state index in [1.807, 2.05) is 54.6 Å². The zero-order valence-electron chi connectivity index (χ0n) is 12.4. The first-order valence-electron chi connectivity index (χ1n) is 7.17. The van der Waals surface area contributed by atoms with Gasteiger partial charge < -0.3 is 15.4 Å². The molecule has 1 amide bonds. The summed E-state index contributed by atoms with van der Waals surface area (Å²) in [5, 5.41) is 5.81. The van der Waals surface area contributed by atoms with Gasteiger partial charge in [0.05, 0.1) is 12.2 Å². The molecule has 0 saturated heterocycles. The largest absolute Gasteiger partial charge is 0.487 e. The lowest BCUT2D eigenvalue weighted by Gasteiger charge is -2.12. The number of benzene rings is 2. The standard InChI is InChI=1S/C18H20N2O2/c1-2-12-19-13-18(21)20-16-10-6-7-11-17(16)22-14-15-8-4-3-5-9-15/h2-11,19H,1,12-14H2,(H,20,21). The first kappa shape index (κ1) is 15.8. The number of para-hydroxylation sites is 2. The molecule has 0 aromatic heterocycles. The van der Waals surface area contributed by atoms with Crippen molar-refractivity contribution in [2.75, 3.05) is 18.4 Å². The van der Waals surface area contributed by atoms with Crippen molar-refractivity contribution in [1.82, 2.24) is 5.32 Å². The van der Waals surface area contributed by atoms with E-state index >= 15 is 0 Å². The second kappa shape index (κ2) is 8.64. The lowest BCUT2D eigenvalue weighted by molar-refractivity contribution is -0.115. The lowest BCUT2D eigenvalue weighted by atomic mass is 10.2. The monoisotopic (exact) mass is 296 g/mol. The molecule has 2 rings (SSSR count). The Bertz CT molecular complexity index is 611. The first-order valence-corrected chi connectivity index (χ1v) is 7.17. The van der Waals surface area contributed by atoms with E-state index in [9.17, 15) is 4.79 Å². The van der Waals surface area contributed by atoms with Crippen LogP contribution < -0.4 is 15.4 Å². The Morgan fingerprint density at radius 2 is 1.82 bits per heavy atom. The Labute approximate surface area is 130 Å². The molecule has 0 aliphatic heterocycles. The average molecular weight is 296 g/mol. The van der Waals surface area contributed by atoms with E-state index in [0.717, 1.165) is 5.56 Å². The molecular weight excluding hydrogens is 276 g/mol. The number of hydrogen-bond acceptors (Lipinski definition) is 3. The van der Waals surface area contributed by atoms with Gasteiger partial charge in [-0.05, 0) is 17.7 Å². The van der Waals surface area contributed by atoms with Crippen molar-refractivity contribution in [3.05, 3.63) is 72.8 Å². The Balaban J connectivity index is 1.94. The molecule has 0 aliphatic carbocycles. The predicted molar refractivity (Wildman–Crippen MR) is 88.9 cm³/mol. The SMILES string of the molecule is C=CCNCC(=O)Nc1ccccc1OCc1ccccc1. The molecule has 0 spiro atoms. The summed E-state index contributed by atoms with van der Waals surface area (Å²) in [5.74, 6) is 0.543. The van der Waals surface area contributed by atoms with E-state index in [0.29, 0.717) is 24.6 Å².